The summed E-state index contributed by atoms with van der Waals surface area (Å²) in [5, 5.41) is 15.0. The maximum atomic E-state index is 12.9. The first kappa shape index (κ1) is 20.5. The molecule has 0 aromatic heterocycles. The SMILES string of the molecule is COc1cccc(NC(=O)N2CCN3C(=O)[C@H](Cc4ccc(O)cc4)NC(=O)[C@@H]3C2)c1. The number of ether oxygens (including phenoxy) is 1. The fourth-order valence-corrected chi connectivity index (χ4v) is 3.89. The molecule has 0 radical (unpaired) electrons. The van der Waals surface area contributed by atoms with Crippen molar-refractivity contribution in [3.05, 3.63) is 54.1 Å². The van der Waals surface area contributed by atoms with Gasteiger partial charge in [-0.25, -0.2) is 4.79 Å². The number of aromatic hydroxyl groups is 1. The van der Waals surface area contributed by atoms with E-state index in [1.807, 2.05) is 0 Å². The van der Waals surface area contributed by atoms with Gasteiger partial charge in [-0.3, -0.25) is 9.59 Å². The van der Waals surface area contributed by atoms with Crippen molar-refractivity contribution in [2.45, 2.75) is 18.5 Å². The fraction of sp³-hybridized carbons (Fsp3) is 0.318. The van der Waals surface area contributed by atoms with Crippen molar-refractivity contribution in [3.8, 4) is 11.5 Å². The van der Waals surface area contributed by atoms with Crippen LogP contribution in [-0.2, 0) is 16.0 Å². The quantitative estimate of drug-likeness (QED) is 0.683. The van der Waals surface area contributed by atoms with E-state index >= 15 is 0 Å². The van der Waals surface area contributed by atoms with Crippen LogP contribution in [0.4, 0.5) is 10.5 Å². The maximum absolute atomic E-state index is 12.9. The lowest BCUT2D eigenvalue weighted by Crippen LogP contribution is -2.70. The lowest BCUT2D eigenvalue weighted by atomic mass is 9.98. The van der Waals surface area contributed by atoms with Crippen LogP contribution < -0.4 is 15.4 Å². The number of amides is 4. The molecule has 0 spiro atoms. The summed E-state index contributed by atoms with van der Waals surface area (Å²) in [6.45, 7) is 0.741. The number of urea groups is 1. The summed E-state index contributed by atoms with van der Waals surface area (Å²) in [6, 6.07) is 11.8. The highest BCUT2D eigenvalue weighted by Gasteiger charge is 2.44. The van der Waals surface area contributed by atoms with Gasteiger partial charge in [0.25, 0.3) is 0 Å². The van der Waals surface area contributed by atoms with Gasteiger partial charge >= 0.3 is 6.03 Å². The molecule has 162 valence electrons. The van der Waals surface area contributed by atoms with Crippen LogP contribution in [-0.4, -0.2) is 71.6 Å². The highest BCUT2D eigenvalue weighted by Crippen LogP contribution is 2.21. The first-order chi connectivity index (χ1) is 14.9. The van der Waals surface area contributed by atoms with Crippen LogP contribution in [0.1, 0.15) is 5.56 Å². The molecule has 0 unspecified atom stereocenters. The number of nitrogens with one attached hydrogen (secondary N) is 2. The van der Waals surface area contributed by atoms with Gasteiger partial charge in [0.1, 0.15) is 23.6 Å². The standard InChI is InChI=1S/C22H24N4O5/c1-31-17-4-2-3-15(12-17)23-22(30)25-9-10-26-19(13-25)20(28)24-18(21(26)29)11-14-5-7-16(27)8-6-14/h2-8,12,18-19,27H,9-11,13H2,1H3,(H,23,30)(H,24,28)/t18-,19-/m0/s1. The monoisotopic (exact) mass is 424 g/mol. The summed E-state index contributed by atoms with van der Waals surface area (Å²) >= 11 is 0. The van der Waals surface area contributed by atoms with Gasteiger partial charge in [-0.15, -0.1) is 0 Å². The molecule has 3 N–H and O–H groups in total. The minimum atomic E-state index is -0.714. The first-order valence-corrected chi connectivity index (χ1v) is 10.0. The van der Waals surface area contributed by atoms with E-state index < -0.39 is 12.1 Å². The smallest absolute Gasteiger partial charge is 0.321 e. The maximum Gasteiger partial charge on any atom is 0.321 e. The Morgan fingerprint density at radius 2 is 1.97 bits per heavy atom. The second-order valence-corrected chi connectivity index (χ2v) is 7.59. The van der Waals surface area contributed by atoms with Gasteiger partial charge in [0.05, 0.1) is 13.7 Å². The first-order valence-electron chi connectivity index (χ1n) is 10.0. The predicted molar refractivity (Wildman–Crippen MR) is 113 cm³/mol. The fourth-order valence-electron chi connectivity index (χ4n) is 3.89. The zero-order chi connectivity index (χ0) is 22.0. The van der Waals surface area contributed by atoms with E-state index in [9.17, 15) is 19.5 Å². The molecule has 0 aliphatic carbocycles. The van der Waals surface area contributed by atoms with Crippen LogP contribution in [0.5, 0.6) is 11.5 Å². The van der Waals surface area contributed by atoms with Gasteiger partial charge in [0.2, 0.25) is 11.8 Å². The second kappa shape index (κ2) is 8.55. The van der Waals surface area contributed by atoms with Gasteiger partial charge in [0.15, 0.2) is 0 Å². The minimum absolute atomic E-state index is 0.124. The van der Waals surface area contributed by atoms with Crippen molar-refractivity contribution in [2.75, 3.05) is 32.1 Å². The lowest BCUT2D eigenvalue weighted by molar-refractivity contribution is -0.152. The van der Waals surface area contributed by atoms with Crippen LogP contribution >= 0.6 is 0 Å². The minimum Gasteiger partial charge on any atom is -0.508 e. The van der Waals surface area contributed by atoms with Gasteiger partial charge in [-0.1, -0.05) is 18.2 Å². The van der Waals surface area contributed by atoms with Gasteiger partial charge in [-0.05, 0) is 29.8 Å². The van der Waals surface area contributed by atoms with E-state index in [1.54, 1.807) is 60.5 Å². The molecule has 31 heavy (non-hydrogen) atoms. The molecule has 2 saturated heterocycles. The summed E-state index contributed by atoms with van der Waals surface area (Å²) in [5.41, 5.74) is 1.43. The molecule has 2 atom stereocenters. The van der Waals surface area contributed by atoms with Gasteiger partial charge < -0.3 is 30.3 Å². The molecule has 0 saturated carbocycles. The van der Waals surface area contributed by atoms with E-state index in [4.69, 9.17) is 4.74 Å². The molecule has 2 aliphatic rings. The highest BCUT2D eigenvalue weighted by molar-refractivity contribution is 5.98. The second-order valence-electron chi connectivity index (χ2n) is 7.59. The van der Waals surface area contributed by atoms with E-state index in [2.05, 4.69) is 10.6 Å². The number of phenolic OH excluding ortho intramolecular Hbond substituents is 1. The van der Waals surface area contributed by atoms with E-state index in [0.29, 0.717) is 24.4 Å². The van der Waals surface area contributed by atoms with Crippen LogP contribution in [0, 0.1) is 0 Å². The Kier molecular flexibility index (Phi) is 5.66. The molecule has 4 rings (SSSR count). The molecule has 9 heteroatoms. The Hall–Kier alpha value is -3.75. The number of hydrogen-bond acceptors (Lipinski definition) is 5. The molecule has 2 aliphatic heterocycles. The van der Waals surface area contributed by atoms with Crippen molar-refractivity contribution in [1.82, 2.24) is 15.1 Å². The van der Waals surface area contributed by atoms with Crippen molar-refractivity contribution in [1.29, 1.82) is 0 Å². The topological polar surface area (TPSA) is 111 Å². The van der Waals surface area contributed by atoms with Crippen molar-refractivity contribution in [3.63, 3.8) is 0 Å². The van der Waals surface area contributed by atoms with Crippen LogP contribution in [0.25, 0.3) is 0 Å². The number of benzene rings is 2. The molecule has 2 fully saturated rings. The highest BCUT2D eigenvalue weighted by atomic mass is 16.5. The zero-order valence-corrected chi connectivity index (χ0v) is 17.1. The number of anilines is 1. The lowest BCUT2D eigenvalue weighted by Gasteiger charge is -2.45. The number of hydrogen-bond donors (Lipinski definition) is 3. The molecule has 2 heterocycles. The Labute approximate surface area is 179 Å². The molecule has 9 nitrogen and oxygen atoms in total. The third kappa shape index (κ3) is 4.40. The molecular weight excluding hydrogens is 400 g/mol. The molecular formula is C22H24N4O5. The van der Waals surface area contributed by atoms with Crippen molar-refractivity contribution >= 4 is 23.5 Å². The summed E-state index contributed by atoms with van der Waals surface area (Å²) in [6.07, 6.45) is 0.341. The Morgan fingerprint density at radius 1 is 1.19 bits per heavy atom. The average Bonchev–Trinajstić information content (AvgIpc) is 2.78. The number of rotatable bonds is 4. The van der Waals surface area contributed by atoms with E-state index in [-0.39, 0.29) is 36.7 Å². The molecule has 4 amide bonds. The van der Waals surface area contributed by atoms with Crippen molar-refractivity contribution in [2.24, 2.45) is 0 Å². The van der Waals surface area contributed by atoms with E-state index in [1.165, 1.54) is 4.90 Å². The molecule has 2 aromatic carbocycles. The Bertz CT molecular complexity index is 994. The summed E-state index contributed by atoms with van der Waals surface area (Å²) in [5.74, 6) is 0.332. The summed E-state index contributed by atoms with van der Waals surface area (Å²) < 4.78 is 5.16. The predicted octanol–water partition coefficient (Wildman–Crippen LogP) is 1.19. The number of carbonyl (C=O) groups is 3. The normalized spacial score (nSPS) is 20.7. The number of methoxy groups -OCH3 is 1. The number of carbonyl (C=O) groups excluding carboxylic acids is 3. The third-order valence-corrected chi connectivity index (χ3v) is 5.57. The molecule has 2 aromatic rings. The Morgan fingerprint density at radius 3 is 2.71 bits per heavy atom. The van der Waals surface area contributed by atoms with Crippen LogP contribution in [0.2, 0.25) is 0 Å². The van der Waals surface area contributed by atoms with Crippen LogP contribution in [0.15, 0.2) is 48.5 Å². The van der Waals surface area contributed by atoms with Crippen molar-refractivity contribution < 1.29 is 24.2 Å². The number of fused-ring (bicyclic) bond motifs is 1. The summed E-state index contributed by atoms with van der Waals surface area (Å²) in [7, 11) is 1.55. The molecule has 0 bridgehead atoms. The third-order valence-electron chi connectivity index (χ3n) is 5.57. The zero-order valence-electron chi connectivity index (χ0n) is 17.1. The number of piperazine rings is 2. The largest absolute Gasteiger partial charge is 0.508 e. The van der Waals surface area contributed by atoms with E-state index in [0.717, 1.165) is 5.56 Å². The van der Waals surface area contributed by atoms with Gasteiger partial charge in [-0.2, -0.15) is 0 Å². The summed E-state index contributed by atoms with van der Waals surface area (Å²) in [4.78, 5) is 41.4. The van der Waals surface area contributed by atoms with Crippen LogP contribution in [0.3, 0.4) is 0 Å². The number of phenols is 1. The number of nitrogens with zero attached hydrogens (tertiary/aromatic N) is 2. The average molecular weight is 424 g/mol. The van der Waals surface area contributed by atoms with Gasteiger partial charge in [0, 0.05) is 31.3 Å². The Balaban J connectivity index is 1.39.